The van der Waals surface area contributed by atoms with E-state index in [1.165, 1.54) is 0 Å². The second-order valence-electron chi connectivity index (χ2n) is 6.51. The van der Waals surface area contributed by atoms with Gasteiger partial charge in [-0.3, -0.25) is 9.79 Å². The average Bonchev–Trinajstić information content (AvgIpc) is 2.75. The lowest BCUT2D eigenvalue weighted by Gasteiger charge is -2.15. The number of benzene rings is 2. The second kappa shape index (κ2) is 13.8. The average molecular weight is 526 g/mol. The highest BCUT2D eigenvalue weighted by atomic mass is 127. The second-order valence-corrected chi connectivity index (χ2v) is 6.51. The number of hydrogen-bond donors (Lipinski definition) is 3. The molecule has 1 amide bonds. The standard InChI is InChI=1S/C22H30N4O3.HI/c1-16-5-8-19(20(13-16)29-12-11-28-4)15-26-22(24-3)25-14-17-6-9-18(10-7-17)21(27)23-2;/h5-10,13H,11-12,14-15H2,1-4H3,(H,23,27)(H2,24,25,26);1H. The molecule has 0 saturated heterocycles. The zero-order valence-corrected chi connectivity index (χ0v) is 20.3. The number of ether oxygens (including phenoxy) is 2. The number of aliphatic imine (C=N–C) groups is 1. The van der Waals surface area contributed by atoms with Crippen LogP contribution in [0.15, 0.2) is 47.5 Å². The van der Waals surface area contributed by atoms with Gasteiger partial charge in [-0.1, -0.05) is 24.3 Å². The van der Waals surface area contributed by atoms with Crippen molar-refractivity contribution < 1.29 is 14.3 Å². The summed E-state index contributed by atoms with van der Waals surface area (Å²) in [5.74, 6) is 1.43. The lowest BCUT2D eigenvalue weighted by atomic mass is 10.1. The molecule has 30 heavy (non-hydrogen) atoms. The molecule has 7 nitrogen and oxygen atoms in total. The number of nitrogens with one attached hydrogen (secondary N) is 3. The third-order valence-electron chi connectivity index (χ3n) is 4.34. The van der Waals surface area contributed by atoms with Gasteiger partial charge >= 0.3 is 0 Å². The minimum atomic E-state index is -0.0939. The Morgan fingerprint density at radius 2 is 1.73 bits per heavy atom. The summed E-state index contributed by atoms with van der Waals surface area (Å²) in [7, 11) is 5.01. The zero-order chi connectivity index (χ0) is 21.1. The summed E-state index contributed by atoms with van der Waals surface area (Å²) in [5.41, 5.74) is 3.88. The van der Waals surface area contributed by atoms with E-state index in [0.717, 1.165) is 22.4 Å². The monoisotopic (exact) mass is 526 g/mol. The Balaban J connectivity index is 0.00000450. The van der Waals surface area contributed by atoms with Crippen LogP contribution in [-0.2, 0) is 17.8 Å². The third-order valence-corrected chi connectivity index (χ3v) is 4.34. The van der Waals surface area contributed by atoms with Crippen molar-refractivity contribution in [3.63, 3.8) is 0 Å². The number of nitrogens with zero attached hydrogens (tertiary/aromatic N) is 1. The number of aryl methyl sites for hydroxylation is 1. The fourth-order valence-electron chi connectivity index (χ4n) is 2.68. The Morgan fingerprint density at radius 3 is 2.37 bits per heavy atom. The number of halogens is 1. The molecule has 2 aromatic carbocycles. The first-order chi connectivity index (χ1) is 14.1. The van der Waals surface area contributed by atoms with E-state index in [4.69, 9.17) is 9.47 Å². The summed E-state index contributed by atoms with van der Waals surface area (Å²) in [6, 6.07) is 13.6. The van der Waals surface area contributed by atoms with E-state index in [0.29, 0.717) is 37.8 Å². The van der Waals surface area contributed by atoms with Gasteiger partial charge in [-0.25, -0.2) is 0 Å². The molecule has 0 bridgehead atoms. The van der Waals surface area contributed by atoms with Gasteiger partial charge in [-0.05, 0) is 36.2 Å². The maximum Gasteiger partial charge on any atom is 0.251 e. The highest BCUT2D eigenvalue weighted by Crippen LogP contribution is 2.20. The van der Waals surface area contributed by atoms with Crippen LogP contribution < -0.4 is 20.7 Å². The summed E-state index contributed by atoms with van der Waals surface area (Å²) in [6.45, 7) is 4.27. The number of amides is 1. The number of hydrogen-bond acceptors (Lipinski definition) is 4. The van der Waals surface area contributed by atoms with Crippen LogP contribution in [0.1, 0.15) is 27.0 Å². The molecule has 0 spiro atoms. The van der Waals surface area contributed by atoms with E-state index in [9.17, 15) is 4.79 Å². The van der Waals surface area contributed by atoms with Crippen LogP contribution in [0, 0.1) is 6.92 Å². The molecular weight excluding hydrogens is 495 g/mol. The van der Waals surface area contributed by atoms with E-state index >= 15 is 0 Å². The van der Waals surface area contributed by atoms with Gasteiger partial charge in [0.25, 0.3) is 5.91 Å². The predicted octanol–water partition coefficient (Wildman–Crippen LogP) is 2.86. The molecule has 8 heteroatoms. The van der Waals surface area contributed by atoms with Crippen LogP contribution in [0.25, 0.3) is 0 Å². The van der Waals surface area contributed by atoms with Crippen LogP contribution in [0.4, 0.5) is 0 Å². The van der Waals surface area contributed by atoms with Crippen molar-refractivity contribution in [1.82, 2.24) is 16.0 Å². The van der Waals surface area contributed by atoms with Gasteiger partial charge in [0, 0.05) is 45.4 Å². The van der Waals surface area contributed by atoms with E-state index < -0.39 is 0 Å². The largest absolute Gasteiger partial charge is 0.491 e. The predicted molar refractivity (Wildman–Crippen MR) is 131 cm³/mol. The van der Waals surface area contributed by atoms with Crippen molar-refractivity contribution >= 4 is 35.8 Å². The maximum atomic E-state index is 11.6. The smallest absolute Gasteiger partial charge is 0.251 e. The fourth-order valence-corrected chi connectivity index (χ4v) is 2.68. The van der Waals surface area contributed by atoms with Crippen molar-refractivity contribution in [3.8, 4) is 5.75 Å². The van der Waals surface area contributed by atoms with Crippen molar-refractivity contribution in [1.29, 1.82) is 0 Å². The summed E-state index contributed by atoms with van der Waals surface area (Å²) in [6.07, 6.45) is 0. The number of methoxy groups -OCH3 is 1. The SMILES string of the molecule is CN=C(NCc1ccc(C(=O)NC)cc1)NCc1ccc(C)cc1OCCOC.I. The van der Waals surface area contributed by atoms with E-state index in [2.05, 4.69) is 33.1 Å². The molecule has 0 unspecified atom stereocenters. The molecule has 0 heterocycles. The number of guanidine groups is 1. The lowest BCUT2D eigenvalue weighted by Crippen LogP contribution is -2.36. The van der Waals surface area contributed by atoms with Crippen molar-refractivity contribution in [3.05, 3.63) is 64.7 Å². The van der Waals surface area contributed by atoms with E-state index in [-0.39, 0.29) is 29.9 Å². The lowest BCUT2D eigenvalue weighted by molar-refractivity contribution is 0.0963. The molecular formula is C22H31IN4O3. The summed E-state index contributed by atoms with van der Waals surface area (Å²) >= 11 is 0. The van der Waals surface area contributed by atoms with E-state index in [1.54, 1.807) is 21.2 Å². The van der Waals surface area contributed by atoms with E-state index in [1.807, 2.05) is 37.3 Å². The Labute approximate surface area is 195 Å². The molecule has 0 aliphatic carbocycles. The van der Waals surface area contributed by atoms with Gasteiger partial charge in [0.15, 0.2) is 5.96 Å². The first-order valence-corrected chi connectivity index (χ1v) is 9.54. The molecule has 0 aromatic heterocycles. The molecule has 164 valence electrons. The Morgan fingerprint density at radius 1 is 1.03 bits per heavy atom. The first kappa shape index (κ1) is 25.7. The van der Waals surface area contributed by atoms with Crippen molar-refractivity contribution in [2.75, 3.05) is 34.4 Å². The van der Waals surface area contributed by atoms with Crippen LogP contribution in [0.2, 0.25) is 0 Å². The molecule has 0 saturated carbocycles. The molecule has 0 radical (unpaired) electrons. The van der Waals surface area contributed by atoms with Gasteiger partial charge in [0.2, 0.25) is 0 Å². The highest BCUT2D eigenvalue weighted by Gasteiger charge is 2.07. The summed E-state index contributed by atoms with van der Waals surface area (Å²) in [4.78, 5) is 15.9. The maximum absolute atomic E-state index is 11.6. The Hall–Kier alpha value is -2.33. The van der Waals surface area contributed by atoms with Gasteiger partial charge in [-0.2, -0.15) is 0 Å². The van der Waals surface area contributed by atoms with Crippen molar-refractivity contribution in [2.24, 2.45) is 4.99 Å². The molecule has 0 fully saturated rings. The van der Waals surface area contributed by atoms with Gasteiger partial charge in [-0.15, -0.1) is 24.0 Å². The highest BCUT2D eigenvalue weighted by molar-refractivity contribution is 14.0. The van der Waals surface area contributed by atoms with Crippen LogP contribution in [0.5, 0.6) is 5.75 Å². The topological polar surface area (TPSA) is 84.0 Å². The number of rotatable bonds is 9. The van der Waals surface area contributed by atoms with Gasteiger partial charge < -0.3 is 25.4 Å². The normalized spacial score (nSPS) is 10.7. The first-order valence-electron chi connectivity index (χ1n) is 9.54. The molecule has 2 aromatic rings. The van der Waals surface area contributed by atoms with Gasteiger partial charge in [0.1, 0.15) is 12.4 Å². The fraction of sp³-hybridized carbons (Fsp3) is 0.364. The molecule has 0 atom stereocenters. The Kier molecular flexibility index (Phi) is 11.8. The zero-order valence-electron chi connectivity index (χ0n) is 18.0. The molecule has 0 aliphatic rings. The number of carbonyl (C=O) groups excluding carboxylic acids is 1. The summed E-state index contributed by atoms with van der Waals surface area (Å²) < 4.78 is 10.9. The third kappa shape index (κ3) is 8.19. The summed E-state index contributed by atoms with van der Waals surface area (Å²) in [5, 5.41) is 9.20. The minimum Gasteiger partial charge on any atom is -0.491 e. The van der Waals surface area contributed by atoms with Crippen molar-refractivity contribution in [2.45, 2.75) is 20.0 Å². The van der Waals surface area contributed by atoms with Crippen LogP contribution in [0.3, 0.4) is 0 Å². The van der Waals surface area contributed by atoms with Crippen LogP contribution >= 0.6 is 24.0 Å². The quantitative estimate of drug-likeness (QED) is 0.203. The Bertz CT molecular complexity index is 826. The number of carbonyl (C=O) groups is 1. The molecule has 0 aliphatic heterocycles. The minimum absolute atomic E-state index is 0. The van der Waals surface area contributed by atoms with Crippen LogP contribution in [-0.4, -0.2) is 46.3 Å². The molecule has 2 rings (SSSR count). The molecule has 3 N–H and O–H groups in total. The van der Waals surface area contributed by atoms with Gasteiger partial charge in [0.05, 0.1) is 6.61 Å².